The first-order chi connectivity index (χ1) is 10.1. The molecule has 0 atom stereocenters. The summed E-state index contributed by atoms with van der Waals surface area (Å²) in [6.07, 6.45) is 1.48. The van der Waals surface area contributed by atoms with Gasteiger partial charge in [-0.1, -0.05) is 5.18 Å². The third-order valence-electron chi connectivity index (χ3n) is 2.69. The van der Waals surface area contributed by atoms with Crippen LogP contribution in [-0.4, -0.2) is 17.0 Å². The van der Waals surface area contributed by atoms with Gasteiger partial charge in [0.15, 0.2) is 0 Å². The van der Waals surface area contributed by atoms with Crippen molar-refractivity contribution in [3.8, 4) is 11.5 Å². The molecule has 8 nitrogen and oxygen atoms in total. The largest absolute Gasteiger partial charge is 0.457 e. The molecule has 0 saturated carbocycles. The highest BCUT2D eigenvalue weighted by Crippen LogP contribution is 2.31. The van der Waals surface area contributed by atoms with Crippen molar-refractivity contribution < 1.29 is 9.66 Å². The van der Waals surface area contributed by atoms with Gasteiger partial charge in [0, 0.05) is 19.3 Å². The van der Waals surface area contributed by atoms with Gasteiger partial charge in [0.25, 0.3) is 5.69 Å². The fourth-order valence-electron chi connectivity index (χ4n) is 1.75. The van der Waals surface area contributed by atoms with Crippen molar-refractivity contribution in [1.29, 1.82) is 0 Å². The monoisotopic (exact) mass is 288 g/mol. The summed E-state index contributed by atoms with van der Waals surface area (Å²) >= 11 is 0. The average molecular weight is 288 g/mol. The highest BCUT2D eigenvalue weighted by Gasteiger charge is 2.14. The number of aromatic nitrogens is 1. The predicted molar refractivity (Wildman–Crippen MR) is 76.5 cm³/mol. The van der Waals surface area contributed by atoms with E-state index in [1.165, 1.54) is 12.3 Å². The highest BCUT2D eigenvalue weighted by molar-refractivity contribution is 5.63. The van der Waals surface area contributed by atoms with Crippen molar-refractivity contribution in [2.75, 3.05) is 12.4 Å². The zero-order valence-corrected chi connectivity index (χ0v) is 11.1. The minimum atomic E-state index is -0.493. The normalized spacial score (nSPS) is 9.95. The molecule has 0 amide bonds. The van der Waals surface area contributed by atoms with E-state index in [2.05, 4.69) is 15.5 Å². The second kappa shape index (κ2) is 6.42. The van der Waals surface area contributed by atoms with Crippen molar-refractivity contribution in [2.24, 2.45) is 5.18 Å². The Hall–Kier alpha value is -3.03. The topological polar surface area (TPSA) is 107 Å². The van der Waals surface area contributed by atoms with E-state index in [1.54, 1.807) is 31.3 Å². The molecule has 0 fully saturated rings. The number of nitrogens with one attached hydrogen (secondary N) is 1. The van der Waals surface area contributed by atoms with Crippen LogP contribution in [0.3, 0.4) is 0 Å². The fraction of sp³-hybridized carbons (Fsp3) is 0.154. The second-order valence-electron chi connectivity index (χ2n) is 4.06. The van der Waals surface area contributed by atoms with Gasteiger partial charge < -0.3 is 10.1 Å². The summed E-state index contributed by atoms with van der Waals surface area (Å²) in [5, 5.41) is 16.5. The second-order valence-corrected chi connectivity index (χ2v) is 4.06. The summed E-state index contributed by atoms with van der Waals surface area (Å²) < 4.78 is 5.54. The Labute approximate surface area is 119 Å². The molecule has 0 saturated heterocycles. The summed E-state index contributed by atoms with van der Waals surface area (Å²) in [7, 11) is 1.60. The lowest BCUT2D eigenvalue weighted by Crippen LogP contribution is -1.97. The lowest BCUT2D eigenvalue weighted by molar-refractivity contribution is -0.384. The lowest BCUT2D eigenvalue weighted by Gasteiger charge is -2.08. The maximum Gasteiger partial charge on any atom is 0.296 e. The van der Waals surface area contributed by atoms with E-state index in [1.807, 2.05) is 0 Å². The number of nitroso groups, excluding NO2 is 1. The number of nitro benzene ring substituents is 1. The number of pyridine rings is 1. The van der Waals surface area contributed by atoms with E-state index < -0.39 is 4.92 Å². The zero-order valence-electron chi connectivity index (χ0n) is 11.1. The van der Waals surface area contributed by atoms with Gasteiger partial charge in [-0.3, -0.25) is 15.1 Å². The van der Waals surface area contributed by atoms with E-state index in [-0.39, 0.29) is 12.2 Å². The Morgan fingerprint density at radius 2 is 2.10 bits per heavy atom. The molecular weight excluding hydrogens is 276 g/mol. The van der Waals surface area contributed by atoms with Crippen LogP contribution in [0.5, 0.6) is 11.5 Å². The maximum atomic E-state index is 11.0. The summed E-state index contributed by atoms with van der Waals surface area (Å²) in [4.78, 5) is 24.7. The highest BCUT2D eigenvalue weighted by atomic mass is 16.6. The molecule has 0 unspecified atom stereocenters. The SMILES string of the molecule is CNc1ccc(Oc2ccnc(CN=O)c2)cc1[N+](=O)[O-]. The van der Waals surface area contributed by atoms with Crippen LogP contribution < -0.4 is 10.1 Å². The number of anilines is 1. The molecule has 2 rings (SSSR count). The number of benzene rings is 1. The molecule has 0 spiro atoms. The molecule has 8 heteroatoms. The molecule has 0 radical (unpaired) electrons. The van der Waals surface area contributed by atoms with Gasteiger partial charge in [-0.2, -0.15) is 4.91 Å². The van der Waals surface area contributed by atoms with Crippen molar-refractivity contribution in [1.82, 2.24) is 4.98 Å². The third kappa shape index (κ3) is 3.50. The number of rotatable bonds is 6. The van der Waals surface area contributed by atoms with Gasteiger partial charge in [-0.25, -0.2) is 0 Å². The first-order valence-corrected chi connectivity index (χ1v) is 6.02. The number of nitrogens with zero attached hydrogens (tertiary/aromatic N) is 3. The molecule has 0 aliphatic rings. The van der Waals surface area contributed by atoms with Gasteiger partial charge in [0.1, 0.15) is 23.7 Å². The number of nitro groups is 1. The van der Waals surface area contributed by atoms with E-state index in [0.29, 0.717) is 22.9 Å². The smallest absolute Gasteiger partial charge is 0.296 e. The molecule has 1 heterocycles. The summed E-state index contributed by atoms with van der Waals surface area (Å²) in [6.45, 7) is -0.0595. The van der Waals surface area contributed by atoms with Crippen molar-refractivity contribution >= 4 is 11.4 Å². The Balaban J connectivity index is 2.27. The fourth-order valence-corrected chi connectivity index (χ4v) is 1.75. The van der Waals surface area contributed by atoms with E-state index in [0.717, 1.165) is 0 Å². The first kappa shape index (κ1) is 14.4. The van der Waals surface area contributed by atoms with Gasteiger partial charge in [0.05, 0.1) is 16.7 Å². The Kier molecular flexibility index (Phi) is 4.39. The molecule has 0 aliphatic carbocycles. The van der Waals surface area contributed by atoms with Crippen LogP contribution in [0.15, 0.2) is 41.7 Å². The van der Waals surface area contributed by atoms with E-state index in [4.69, 9.17) is 4.74 Å². The van der Waals surface area contributed by atoms with Crippen LogP contribution in [0, 0.1) is 15.0 Å². The Morgan fingerprint density at radius 1 is 1.33 bits per heavy atom. The molecule has 1 N–H and O–H groups in total. The zero-order chi connectivity index (χ0) is 15.2. The predicted octanol–water partition coefficient (Wildman–Crippen LogP) is 3.09. The molecule has 0 bridgehead atoms. The van der Waals surface area contributed by atoms with Crippen LogP contribution in [0.4, 0.5) is 11.4 Å². The van der Waals surface area contributed by atoms with Crippen LogP contribution in [0.25, 0.3) is 0 Å². The minimum Gasteiger partial charge on any atom is -0.457 e. The Bertz CT molecular complexity index is 675. The van der Waals surface area contributed by atoms with Gasteiger partial charge in [0.2, 0.25) is 0 Å². The minimum absolute atomic E-state index is 0.0595. The maximum absolute atomic E-state index is 11.0. The summed E-state index contributed by atoms with van der Waals surface area (Å²) in [6, 6.07) is 7.63. The van der Waals surface area contributed by atoms with Crippen LogP contribution in [0.2, 0.25) is 0 Å². The molecule has 1 aromatic heterocycles. The third-order valence-corrected chi connectivity index (χ3v) is 2.69. The molecular formula is C13H12N4O4. The summed E-state index contributed by atoms with van der Waals surface area (Å²) in [5.41, 5.74) is 0.774. The molecule has 108 valence electrons. The first-order valence-electron chi connectivity index (χ1n) is 6.02. The summed E-state index contributed by atoms with van der Waals surface area (Å²) in [5.74, 6) is 0.743. The van der Waals surface area contributed by atoms with Gasteiger partial charge in [-0.15, -0.1) is 0 Å². The molecule has 0 aliphatic heterocycles. The molecule has 21 heavy (non-hydrogen) atoms. The number of ether oxygens (including phenoxy) is 1. The van der Waals surface area contributed by atoms with Crippen molar-refractivity contribution in [2.45, 2.75) is 6.54 Å². The van der Waals surface area contributed by atoms with Crippen LogP contribution in [-0.2, 0) is 6.54 Å². The standard InChI is InChI=1S/C13H12N4O4/c1-14-12-3-2-10(7-13(12)17(19)20)21-11-4-5-15-9(6-11)8-16-18/h2-7,14H,8H2,1H3. The molecule has 2 aromatic rings. The lowest BCUT2D eigenvalue weighted by atomic mass is 10.2. The number of hydrogen-bond acceptors (Lipinski definition) is 7. The average Bonchev–Trinajstić information content (AvgIpc) is 2.48. The molecule has 1 aromatic carbocycles. The Morgan fingerprint density at radius 3 is 2.76 bits per heavy atom. The van der Waals surface area contributed by atoms with Gasteiger partial charge in [-0.05, 0) is 18.2 Å². The van der Waals surface area contributed by atoms with Crippen molar-refractivity contribution in [3.63, 3.8) is 0 Å². The number of hydrogen-bond donors (Lipinski definition) is 1. The quantitative estimate of drug-likeness (QED) is 0.497. The van der Waals surface area contributed by atoms with E-state index >= 15 is 0 Å². The van der Waals surface area contributed by atoms with Gasteiger partial charge >= 0.3 is 0 Å². The van der Waals surface area contributed by atoms with Crippen LogP contribution >= 0.6 is 0 Å². The van der Waals surface area contributed by atoms with Crippen molar-refractivity contribution in [3.05, 3.63) is 57.2 Å². The van der Waals surface area contributed by atoms with Crippen LogP contribution in [0.1, 0.15) is 5.69 Å². The van der Waals surface area contributed by atoms with E-state index in [9.17, 15) is 15.0 Å².